The van der Waals surface area contributed by atoms with Crippen LogP contribution in [0.4, 0.5) is 0 Å². The van der Waals surface area contributed by atoms with Gasteiger partial charge in [0.25, 0.3) is 5.91 Å². The fourth-order valence-corrected chi connectivity index (χ4v) is 3.66. The zero-order valence-electron chi connectivity index (χ0n) is 16.4. The second-order valence-corrected chi connectivity index (χ2v) is 7.62. The van der Waals surface area contributed by atoms with Crippen LogP contribution in [-0.4, -0.2) is 28.8 Å². The minimum atomic E-state index is -0.754. The fraction of sp³-hybridized carbons (Fsp3) is 0.125. The van der Waals surface area contributed by atoms with Crippen molar-refractivity contribution < 1.29 is 14.3 Å². The summed E-state index contributed by atoms with van der Waals surface area (Å²) in [6.07, 6.45) is 1.90. The Morgan fingerprint density at radius 3 is 2.37 bits per heavy atom. The van der Waals surface area contributed by atoms with Crippen LogP contribution in [0.1, 0.15) is 33.1 Å². The van der Waals surface area contributed by atoms with Gasteiger partial charge in [0, 0.05) is 21.7 Å². The predicted octanol–water partition coefficient (Wildman–Crippen LogP) is 3.66. The van der Waals surface area contributed by atoms with Crippen molar-refractivity contribution in [1.29, 1.82) is 0 Å². The highest BCUT2D eigenvalue weighted by atomic mass is 35.5. The maximum atomic E-state index is 12.9. The molecule has 1 saturated heterocycles. The summed E-state index contributed by atoms with van der Waals surface area (Å²) in [6.45, 7) is 2.01. The zero-order chi connectivity index (χ0) is 21.1. The van der Waals surface area contributed by atoms with Crippen molar-refractivity contribution in [2.24, 2.45) is 0 Å². The first-order valence-electron chi connectivity index (χ1n) is 9.63. The molecule has 5 nitrogen and oxygen atoms in total. The monoisotopic (exact) mass is 418 g/mol. The van der Waals surface area contributed by atoms with Gasteiger partial charge in [0.15, 0.2) is 6.04 Å². The Hall–Kier alpha value is -3.44. The lowest BCUT2D eigenvalue weighted by molar-refractivity contribution is -0.596. The third kappa shape index (κ3) is 4.11. The summed E-state index contributed by atoms with van der Waals surface area (Å²) in [5.41, 5.74) is 6.34. The first-order valence-corrected chi connectivity index (χ1v) is 10.0. The van der Waals surface area contributed by atoms with Crippen molar-refractivity contribution in [2.45, 2.75) is 19.0 Å². The van der Waals surface area contributed by atoms with Crippen LogP contribution in [0, 0.1) is 6.92 Å². The molecule has 0 bridgehead atoms. The number of nitrogens with zero attached hydrogens (tertiary/aromatic N) is 1. The quantitative estimate of drug-likeness (QED) is 0.635. The number of nitrogens with one attached hydrogen (secondary N) is 2. The number of hydrazine groups is 1. The van der Waals surface area contributed by atoms with Crippen LogP contribution in [0.2, 0.25) is 5.02 Å². The van der Waals surface area contributed by atoms with E-state index in [1.54, 1.807) is 28.9 Å². The van der Waals surface area contributed by atoms with Crippen molar-refractivity contribution in [3.05, 3.63) is 106 Å². The van der Waals surface area contributed by atoms with Crippen molar-refractivity contribution in [3.8, 4) is 0 Å². The average Bonchev–Trinajstić information content (AvgIpc) is 3.05. The van der Waals surface area contributed by atoms with Crippen molar-refractivity contribution in [3.63, 3.8) is 0 Å². The van der Waals surface area contributed by atoms with E-state index in [4.69, 9.17) is 11.6 Å². The van der Waals surface area contributed by atoms with Crippen LogP contribution in [-0.2, 0) is 4.79 Å². The summed E-state index contributed by atoms with van der Waals surface area (Å²) < 4.78 is 1.77. The normalized spacial score (nSPS) is 19.5. The van der Waals surface area contributed by atoms with Gasteiger partial charge in [-0.05, 0) is 42.8 Å². The Bertz CT molecular complexity index is 1110. The number of aryl methyl sites for hydroxylation is 1. The fourth-order valence-electron chi connectivity index (χ4n) is 3.54. The van der Waals surface area contributed by atoms with Gasteiger partial charge in [0.2, 0.25) is 12.3 Å². The van der Waals surface area contributed by atoms with Gasteiger partial charge in [-0.2, -0.15) is 0 Å². The lowest BCUT2D eigenvalue weighted by Crippen LogP contribution is -2.42. The smallest absolute Gasteiger partial charge is 0.304 e. The molecule has 1 heterocycles. The molecule has 150 valence electrons. The van der Waals surface area contributed by atoms with E-state index < -0.39 is 12.1 Å². The molecule has 1 aliphatic heterocycles. The topological polar surface area (TPSA) is 61.2 Å². The number of rotatable bonds is 4. The molecule has 0 radical (unpaired) electrons. The van der Waals surface area contributed by atoms with Crippen LogP contribution in [0.3, 0.4) is 0 Å². The molecule has 6 heteroatoms. The molecule has 1 fully saturated rings. The summed E-state index contributed by atoms with van der Waals surface area (Å²) >= 11 is 5.92. The molecular weight excluding hydrogens is 398 g/mol. The number of hydrogen-bond acceptors (Lipinski definition) is 2. The van der Waals surface area contributed by atoms with Gasteiger partial charge in [0.05, 0.1) is 0 Å². The third-order valence-corrected chi connectivity index (χ3v) is 5.39. The summed E-state index contributed by atoms with van der Waals surface area (Å²) in [6, 6.07) is 23.0. The van der Waals surface area contributed by atoms with Crippen molar-refractivity contribution in [2.75, 3.05) is 0 Å². The maximum Gasteiger partial charge on any atom is 0.304 e. The molecule has 0 aromatic heterocycles. The van der Waals surface area contributed by atoms with Gasteiger partial charge in [-0.3, -0.25) is 9.59 Å². The molecule has 2 atom stereocenters. The Balaban J connectivity index is 1.70. The number of carbonyl (C=O) groups is 2. The Morgan fingerprint density at radius 2 is 1.67 bits per heavy atom. The molecule has 0 spiro atoms. The predicted molar refractivity (Wildman–Crippen MR) is 117 cm³/mol. The molecule has 4 rings (SSSR count). The van der Waals surface area contributed by atoms with Crippen LogP contribution in [0.5, 0.6) is 0 Å². The van der Waals surface area contributed by atoms with Gasteiger partial charge >= 0.3 is 5.91 Å². The number of hydrogen-bond donors (Lipinski definition) is 2. The van der Waals surface area contributed by atoms with Gasteiger partial charge < -0.3 is 5.32 Å². The van der Waals surface area contributed by atoms with E-state index in [-0.39, 0.29) is 11.8 Å². The highest BCUT2D eigenvalue weighted by molar-refractivity contribution is 6.30. The first-order chi connectivity index (χ1) is 14.5. The number of amides is 2. The first kappa shape index (κ1) is 19.9. The molecule has 3 aromatic carbocycles. The molecule has 0 unspecified atom stereocenters. The van der Waals surface area contributed by atoms with E-state index in [0.29, 0.717) is 10.6 Å². The number of carbonyl (C=O) groups excluding carboxylic acids is 2. The largest absolute Gasteiger partial charge is 0.334 e. The van der Waals surface area contributed by atoms with E-state index in [1.165, 1.54) is 0 Å². The molecule has 30 heavy (non-hydrogen) atoms. The molecular formula is C24H21ClN3O2+. The Kier molecular flexibility index (Phi) is 5.63. The van der Waals surface area contributed by atoms with Crippen LogP contribution in [0.25, 0.3) is 0 Å². The van der Waals surface area contributed by atoms with Gasteiger partial charge in [-0.1, -0.05) is 60.1 Å². The Morgan fingerprint density at radius 1 is 1.00 bits per heavy atom. The highest BCUT2D eigenvalue weighted by Gasteiger charge is 2.47. The van der Waals surface area contributed by atoms with E-state index in [2.05, 4.69) is 10.7 Å². The minimum absolute atomic E-state index is 0.268. The second-order valence-electron chi connectivity index (χ2n) is 7.18. The standard InChI is InChI=1S/C24H20ClN3O2/c1-16-7-5-6-10-19(16)15-28-22(17-8-3-2-4-9-17)21(24(30)27-28)26-23(29)18-11-13-20(25)14-12-18/h2-15,21-22H,1H3,(H-,26,27,29,30)/p+1/b28-15-/t21-,22+/m1/s1. The molecule has 2 N–H and O–H groups in total. The molecule has 2 amide bonds. The molecule has 3 aromatic rings. The number of benzene rings is 3. The summed E-state index contributed by atoms with van der Waals surface area (Å²) in [7, 11) is 0. The Labute approximate surface area is 180 Å². The van der Waals surface area contributed by atoms with Gasteiger partial charge in [-0.15, -0.1) is 10.1 Å². The van der Waals surface area contributed by atoms with E-state index in [1.807, 2.05) is 67.7 Å². The van der Waals surface area contributed by atoms with E-state index in [0.717, 1.165) is 16.7 Å². The second kappa shape index (κ2) is 8.51. The highest BCUT2D eigenvalue weighted by Crippen LogP contribution is 2.25. The molecule has 0 aliphatic carbocycles. The third-order valence-electron chi connectivity index (χ3n) is 5.14. The van der Waals surface area contributed by atoms with Gasteiger partial charge in [0.1, 0.15) is 0 Å². The summed E-state index contributed by atoms with van der Waals surface area (Å²) in [4.78, 5) is 25.6. The molecule has 1 aliphatic rings. The molecule has 0 saturated carbocycles. The van der Waals surface area contributed by atoms with E-state index >= 15 is 0 Å². The summed E-state index contributed by atoms with van der Waals surface area (Å²) in [5, 5.41) is 3.44. The lowest BCUT2D eigenvalue weighted by atomic mass is 9.99. The van der Waals surface area contributed by atoms with Gasteiger partial charge in [-0.25, -0.2) is 0 Å². The van der Waals surface area contributed by atoms with Crippen LogP contribution in [0.15, 0.2) is 78.9 Å². The van der Waals surface area contributed by atoms with E-state index in [9.17, 15) is 9.59 Å². The van der Waals surface area contributed by atoms with Crippen LogP contribution >= 0.6 is 11.6 Å². The number of hydrazone groups is 1. The zero-order valence-corrected chi connectivity index (χ0v) is 17.1. The summed E-state index contributed by atoms with van der Waals surface area (Å²) in [5.74, 6) is -0.596. The number of halogens is 1. The van der Waals surface area contributed by atoms with Crippen LogP contribution < -0.4 is 10.7 Å². The minimum Gasteiger partial charge on any atom is -0.334 e. The lowest BCUT2D eigenvalue weighted by Gasteiger charge is -2.14. The maximum absolute atomic E-state index is 12.9. The SMILES string of the molecule is Cc1ccccc1/C=[N+]1\NC(=O)[C@H](NC(=O)c2ccc(Cl)cc2)[C@@H]1c1ccccc1. The van der Waals surface area contributed by atoms with Crippen molar-refractivity contribution in [1.82, 2.24) is 10.7 Å². The van der Waals surface area contributed by atoms with Crippen molar-refractivity contribution >= 4 is 29.6 Å². The average molecular weight is 419 g/mol.